The van der Waals surface area contributed by atoms with Gasteiger partial charge in [0.2, 0.25) is 0 Å². The molecular weight excluding hydrogens is 246 g/mol. The number of aryl methyl sites for hydroxylation is 1. The molecule has 0 spiro atoms. The summed E-state index contributed by atoms with van der Waals surface area (Å²) >= 11 is 0. The molecule has 0 amide bonds. The lowest BCUT2D eigenvalue weighted by molar-refractivity contribution is 0.402. The Balaban J connectivity index is 2.05. The highest BCUT2D eigenvalue weighted by atomic mass is 15.2. The number of hydrogen-bond acceptors (Lipinski definition) is 3. The zero-order valence-electron chi connectivity index (χ0n) is 13.4. The highest BCUT2D eigenvalue weighted by molar-refractivity contribution is 5.47. The van der Waals surface area contributed by atoms with E-state index in [0.29, 0.717) is 6.04 Å². The van der Waals surface area contributed by atoms with Crippen molar-refractivity contribution in [2.24, 2.45) is 5.92 Å². The minimum atomic E-state index is 0.516. The van der Waals surface area contributed by atoms with Gasteiger partial charge >= 0.3 is 0 Å². The maximum absolute atomic E-state index is 4.73. The van der Waals surface area contributed by atoms with Gasteiger partial charge in [0.15, 0.2) is 0 Å². The Morgan fingerprint density at radius 2 is 2.25 bits per heavy atom. The summed E-state index contributed by atoms with van der Waals surface area (Å²) in [6, 6.07) is 2.80. The second-order valence-electron chi connectivity index (χ2n) is 6.38. The van der Waals surface area contributed by atoms with Crippen LogP contribution in [0.5, 0.6) is 0 Å². The monoisotopic (exact) mass is 275 g/mol. The van der Waals surface area contributed by atoms with Crippen LogP contribution in [0.1, 0.15) is 51.2 Å². The van der Waals surface area contributed by atoms with Crippen LogP contribution in [0, 0.1) is 12.8 Å². The molecule has 2 heterocycles. The van der Waals surface area contributed by atoms with Gasteiger partial charge in [-0.2, -0.15) is 0 Å². The van der Waals surface area contributed by atoms with Crippen LogP contribution in [0.2, 0.25) is 0 Å². The van der Waals surface area contributed by atoms with Crippen LogP contribution in [-0.2, 0) is 6.54 Å². The Bertz CT molecular complexity index is 428. The van der Waals surface area contributed by atoms with Crippen molar-refractivity contribution < 1.29 is 0 Å². The molecule has 1 aliphatic rings. The van der Waals surface area contributed by atoms with Gasteiger partial charge in [-0.25, -0.2) is 4.98 Å². The molecule has 0 aromatic carbocycles. The quantitative estimate of drug-likeness (QED) is 0.891. The fraction of sp³-hybridized carbons (Fsp3) is 0.706. The van der Waals surface area contributed by atoms with E-state index in [9.17, 15) is 0 Å². The van der Waals surface area contributed by atoms with Gasteiger partial charge in [0.05, 0.1) is 0 Å². The molecule has 1 aliphatic heterocycles. The number of nitrogens with one attached hydrogen (secondary N) is 1. The second-order valence-corrected chi connectivity index (χ2v) is 6.38. The maximum Gasteiger partial charge on any atom is 0.131 e. The van der Waals surface area contributed by atoms with Crippen molar-refractivity contribution in [3.05, 3.63) is 23.4 Å². The lowest BCUT2D eigenvalue weighted by atomic mass is 9.95. The molecule has 1 aromatic rings. The second kappa shape index (κ2) is 7.07. The predicted octanol–water partition coefficient (Wildman–Crippen LogP) is 3.51. The van der Waals surface area contributed by atoms with Crippen LogP contribution in [0.25, 0.3) is 0 Å². The first kappa shape index (κ1) is 15.3. The number of piperidine rings is 1. The van der Waals surface area contributed by atoms with Gasteiger partial charge in [-0.15, -0.1) is 0 Å². The molecule has 3 nitrogen and oxygen atoms in total. The third-order valence-corrected chi connectivity index (χ3v) is 4.22. The highest BCUT2D eigenvalue weighted by Gasteiger charge is 2.20. The van der Waals surface area contributed by atoms with Crippen molar-refractivity contribution >= 4 is 5.82 Å². The average Bonchev–Trinajstić information content (AvgIpc) is 2.45. The summed E-state index contributed by atoms with van der Waals surface area (Å²) in [6.07, 6.45) is 6.00. The van der Waals surface area contributed by atoms with E-state index < -0.39 is 0 Å². The molecule has 20 heavy (non-hydrogen) atoms. The smallest absolute Gasteiger partial charge is 0.131 e. The SMILES string of the molecule is CCC1CCCN(c2ncc(CNC(C)C)cc2C)C1. The summed E-state index contributed by atoms with van der Waals surface area (Å²) < 4.78 is 0. The lowest BCUT2D eigenvalue weighted by Crippen LogP contribution is -2.36. The van der Waals surface area contributed by atoms with Gasteiger partial charge in [-0.3, -0.25) is 0 Å². The molecule has 0 aliphatic carbocycles. The zero-order valence-corrected chi connectivity index (χ0v) is 13.4. The van der Waals surface area contributed by atoms with Gasteiger partial charge in [0.1, 0.15) is 5.82 Å². The molecule has 0 radical (unpaired) electrons. The molecule has 1 N–H and O–H groups in total. The van der Waals surface area contributed by atoms with E-state index in [1.165, 1.54) is 42.8 Å². The van der Waals surface area contributed by atoms with E-state index in [0.717, 1.165) is 19.0 Å². The first-order valence-electron chi connectivity index (χ1n) is 8.04. The van der Waals surface area contributed by atoms with Gasteiger partial charge in [0.25, 0.3) is 0 Å². The summed E-state index contributed by atoms with van der Waals surface area (Å²) in [4.78, 5) is 7.21. The number of anilines is 1. The standard InChI is InChI=1S/C17H29N3/c1-5-15-7-6-8-20(12-15)17-14(4)9-16(11-19-17)10-18-13(2)3/h9,11,13,15,18H,5-8,10,12H2,1-4H3. The molecule has 112 valence electrons. The Morgan fingerprint density at radius 1 is 1.45 bits per heavy atom. The van der Waals surface area contributed by atoms with Crippen LogP contribution >= 0.6 is 0 Å². The fourth-order valence-electron chi connectivity index (χ4n) is 2.97. The van der Waals surface area contributed by atoms with Crippen LogP contribution < -0.4 is 10.2 Å². The highest BCUT2D eigenvalue weighted by Crippen LogP contribution is 2.26. The van der Waals surface area contributed by atoms with Crippen LogP contribution in [0.15, 0.2) is 12.3 Å². The van der Waals surface area contributed by atoms with E-state index in [-0.39, 0.29) is 0 Å². The molecule has 1 unspecified atom stereocenters. The zero-order chi connectivity index (χ0) is 14.5. The topological polar surface area (TPSA) is 28.2 Å². The normalized spacial score (nSPS) is 19.6. The molecule has 3 heteroatoms. The molecule has 1 fully saturated rings. The van der Waals surface area contributed by atoms with Crippen molar-refractivity contribution in [2.75, 3.05) is 18.0 Å². The van der Waals surface area contributed by atoms with Crippen molar-refractivity contribution in [1.82, 2.24) is 10.3 Å². The van der Waals surface area contributed by atoms with E-state index in [1.54, 1.807) is 0 Å². The minimum Gasteiger partial charge on any atom is -0.356 e. The summed E-state index contributed by atoms with van der Waals surface area (Å²) in [7, 11) is 0. The molecule has 2 rings (SSSR count). The third kappa shape index (κ3) is 3.95. The fourth-order valence-corrected chi connectivity index (χ4v) is 2.97. The molecule has 0 saturated carbocycles. The number of hydrogen-bond donors (Lipinski definition) is 1. The summed E-state index contributed by atoms with van der Waals surface area (Å²) in [5.74, 6) is 2.03. The lowest BCUT2D eigenvalue weighted by Gasteiger charge is -2.34. The maximum atomic E-state index is 4.73. The van der Waals surface area contributed by atoms with Crippen LogP contribution in [0.4, 0.5) is 5.82 Å². The molecule has 1 aromatic heterocycles. The molecule has 1 saturated heterocycles. The third-order valence-electron chi connectivity index (χ3n) is 4.22. The summed E-state index contributed by atoms with van der Waals surface area (Å²) in [5, 5.41) is 3.45. The van der Waals surface area contributed by atoms with Crippen LogP contribution in [-0.4, -0.2) is 24.1 Å². The number of rotatable bonds is 5. The van der Waals surface area contributed by atoms with E-state index in [4.69, 9.17) is 4.98 Å². The van der Waals surface area contributed by atoms with E-state index in [2.05, 4.69) is 44.0 Å². The number of pyridine rings is 1. The Labute approximate surface area is 123 Å². The predicted molar refractivity (Wildman–Crippen MR) is 86.2 cm³/mol. The Kier molecular flexibility index (Phi) is 5.41. The first-order valence-corrected chi connectivity index (χ1v) is 8.04. The van der Waals surface area contributed by atoms with E-state index in [1.807, 2.05) is 6.20 Å². The average molecular weight is 275 g/mol. The Morgan fingerprint density at radius 3 is 2.90 bits per heavy atom. The molecule has 1 atom stereocenters. The van der Waals surface area contributed by atoms with Gasteiger partial charge in [-0.05, 0) is 42.9 Å². The van der Waals surface area contributed by atoms with Gasteiger partial charge in [0, 0.05) is 31.9 Å². The summed E-state index contributed by atoms with van der Waals surface area (Å²) in [5.41, 5.74) is 2.59. The number of nitrogens with zero attached hydrogens (tertiary/aromatic N) is 2. The number of aromatic nitrogens is 1. The Hall–Kier alpha value is -1.09. The summed E-state index contributed by atoms with van der Waals surface area (Å²) in [6.45, 7) is 12.1. The van der Waals surface area contributed by atoms with Gasteiger partial charge in [-0.1, -0.05) is 27.2 Å². The molecular formula is C17H29N3. The van der Waals surface area contributed by atoms with Crippen molar-refractivity contribution in [2.45, 2.75) is 59.5 Å². The van der Waals surface area contributed by atoms with Crippen molar-refractivity contribution in [1.29, 1.82) is 0 Å². The van der Waals surface area contributed by atoms with Crippen molar-refractivity contribution in [3.8, 4) is 0 Å². The first-order chi connectivity index (χ1) is 9.60. The van der Waals surface area contributed by atoms with E-state index >= 15 is 0 Å². The van der Waals surface area contributed by atoms with Crippen LogP contribution in [0.3, 0.4) is 0 Å². The molecule has 0 bridgehead atoms. The van der Waals surface area contributed by atoms with Crippen molar-refractivity contribution in [3.63, 3.8) is 0 Å². The largest absolute Gasteiger partial charge is 0.356 e. The minimum absolute atomic E-state index is 0.516. The van der Waals surface area contributed by atoms with Gasteiger partial charge < -0.3 is 10.2 Å².